The van der Waals surface area contributed by atoms with E-state index in [1.165, 1.54) is 44.9 Å². The van der Waals surface area contributed by atoms with Gasteiger partial charge >= 0.3 is 0 Å². The highest BCUT2D eigenvalue weighted by Gasteiger charge is 2.40. The van der Waals surface area contributed by atoms with E-state index >= 15 is 0 Å². The summed E-state index contributed by atoms with van der Waals surface area (Å²) in [4.78, 5) is 0. The Labute approximate surface area is 113 Å². The van der Waals surface area contributed by atoms with Gasteiger partial charge < -0.3 is 5.32 Å². The van der Waals surface area contributed by atoms with Crippen LogP contribution in [-0.4, -0.2) is 13.1 Å². The predicted octanol–water partition coefficient (Wildman–Crippen LogP) is 4.37. The average molecular weight is 249 g/mol. The summed E-state index contributed by atoms with van der Waals surface area (Å²) in [5.74, 6) is 4.34. The van der Waals surface area contributed by atoms with Crippen LogP contribution in [-0.2, 0) is 0 Å². The molecule has 18 heavy (non-hydrogen) atoms. The van der Waals surface area contributed by atoms with Gasteiger partial charge in [0.1, 0.15) is 0 Å². The molecule has 0 saturated heterocycles. The molecule has 1 nitrogen and oxygen atoms in total. The molecule has 1 N–H and O–H groups in total. The predicted molar refractivity (Wildman–Crippen MR) is 77.6 cm³/mol. The second-order valence-electron chi connectivity index (χ2n) is 7.40. The second kappa shape index (κ2) is 5.94. The van der Waals surface area contributed by atoms with Gasteiger partial charge in [-0.2, -0.15) is 0 Å². The third-order valence-electron chi connectivity index (χ3n) is 6.22. The molecule has 0 radical (unpaired) electrons. The van der Waals surface area contributed by atoms with Gasteiger partial charge in [0.2, 0.25) is 0 Å². The van der Waals surface area contributed by atoms with Gasteiger partial charge in [0.05, 0.1) is 0 Å². The molecule has 1 heteroatoms. The smallest absolute Gasteiger partial charge is 0.00694 e. The number of hydrogen-bond donors (Lipinski definition) is 1. The van der Waals surface area contributed by atoms with E-state index in [2.05, 4.69) is 12.4 Å². The Morgan fingerprint density at radius 2 is 1.78 bits per heavy atom. The van der Waals surface area contributed by atoms with Crippen LogP contribution in [0.1, 0.15) is 70.6 Å². The van der Waals surface area contributed by atoms with Crippen molar-refractivity contribution in [2.24, 2.45) is 23.7 Å². The first-order valence-electron chi connectivity index (χ1n) is 8.52. The summed E-state index contributed by atoms with van der Waals surface area (Å²) in [6.07, 6.45) is 16.7. The van der Waals surface area contributed by atoms with Crippen molar-refractivity contribution in [1.82, 2.24) is 5.32 Å². The number of fused-ring (bicyclic) bond motifs is 2. The van der Waals surface area contributed by atoms with Gasteiger partial charge in [-0.25, -0.2) is 0 Å². The summed E-state index contributed by atoms with van der Waals surface area (Å²) in [6.45, 7) is 0. The van der Waals surface area contributed by atoms with E-state index in [1.807, 2.05) is 0 Å². The third-order valence-corrected chi connectivity index (χ3v) is 6.22. The van der Waals surface area contributed by atoms with Gasteiger partial charge in [-0.1, -0.05) is 38.5 Å². The Morgan fingerprint density at radius 3 is 2.39 bits per heavy atom. The molecule has 4 atom stereocenters. The first-order valence-corrected chi connectivity index (χ1v) is 8.52. The maximum absolute atomic E-state index is 3.64. The molecular weight excluding hydrogens is 218 g/mol. The van der Waals surface area contributed by atoms with E-state index in [0.29, 0.717) is 0 Å². The Hall–Kier alpha value is -0.0400. The van der Waals surface area contributed by atoms with Crippen LogP contribution >= 0.6 is 0 Å². The Bertz CT molecular complexity index is 256. The van der Waals surface area contributed by atoms with E-state index in [9.17, 15) is 0 Å². The topological polar surface area (TPSA) is 12.0 Å². The maximum atomic E-state index is 3.64. The Balaban J connectivity index is 1.46. The molecule has 0 spiro atoms. The molecule has 0 amide bonds. The van der Waals surface area contributed by atoms with Crippen molar-refractivity contribution in [3.8, 4) is 0 Å². The fraction of sp³-hybridized carbons (Fsp3) is 1.00. The third kappa shape index (κ3) is 2.92. The van der Waals surface area contributed by atoms with E-state index in [4.69, 9.17) is 0 Å². The van der Waals surface area contributed by atoms with Crippen molar-refractivity contribution in [2.75, 3.05) is 7.05 Å². The second-order valence-corrected chi connectivity index (χ2v) is 7.40. The summed E-state index contributed by atoms with van der Waals surface area (Å²) >= 11 is 0. The zero-order valence-corrected chi connectivity index (χ0v) is 12.2. The van der Waals surface area contributed by atoms with Crippen molar-refractivity contribution >= 4 is 0 Å². The lowest BCUT2D eigenvalue weighted by molar-refractivity contribution is 0.241. The lowest BCUT2D eigenvalue weighted by atomic mass is 9.79. The Kier molecular flexibility index (Phi) is 4.28. The summed E-state index contributed by atoms with van der Waals surface area (Å²) in [5, 5.41) is 3.64. The fourth-order valence-corrected chi connectivity index (χ4v) is 5.19. The van der Waals surface area contributed by atoms with Gasteiger partial charge in [0.15, 0.2) is 0 Å². The minimum Gasteiger partial charge on any atom is -0.317 e. The molecule has 3 fully saturated rings. The van der Waals surface area contributed by atoms with Crippen LogP contribution in [0.25, 0.3) is 0 Å². The molecule has 104 valence electrons. The first-order chi connectivity index (χ1) is 8.85. The van der Waals surface area contributed by atoms with Crippen molar-refractivity contribution in [2.45, 2.75) is 76.7 Å². The number of hydrogen-bond acceptors (Lipinski definition) is 1. The van der Waals surface area contributed by atoms with Crippen LogP contribution in [0.3, 0.4) is 0 Å². The van der Waals surface area contributed by atoms with Crippen LogP contribution in [0.2, 0.25) is 0 Å². The monoisotopic (exact) mass is 249 g/mol. The molecule has 0 aromatic heterocycles. The largest absolute Gasteiger partial charge is 0.317 e. The summed E-state index contributed by atoms with van der Waals surface area (Å²) < 4.78 is 0. The summed E-state index contributed by atoms with van der Waals surface area (Å²) in [7, 11) is 2.20. The molecule has 3 saturated carbocycles. The van der Waals surface area contributed by atoms with Gasteiger partial charge in [-0.05, 0) is 62.8 Å². The molecule has 0 heterocycles. The van der Waals surface area contributed by atoms with E-state index < -0.39 is 0 Å². The molecule has 3 aliphatic rings. The van der Waals surface area contributed by atoms with Crippen molar-refractivity contribution < 1.29 is 0 Å². The molecule has 3 rings (SSSR count). The number of rotatable bonds is 5. The average Bonchev–Trinajstić information content (AvgIpc) is 3.01. The van der Waals surface area contributed by atoms with Gasteiger partial charge in [-0.3, -0.25) is 0 Å². The fourth-order valence-electron chi connectivity index (χ4n) is 5.19. The lowest BCUT2D eigenvalue weighted by Gasteiger charge is -2.30. The van der Waals surface area contributed by atoms with E-state index in [1.54, 1.807) is 25.7 Å². The standard InChI is InChI=1S/C17H31N/c1-18-17(11-13-5-3-2-4-6-13)12-16-10-14-7-8-15(16)9-14/h13-18H,2-12H2,1H3. The van der Waals surface area contributed by atoms with Crippen LogP contribution < -0.4 is 5.32 Å². The highest BCUT2D eigenvalue weighted by molar-refractivity contribution is 4.92. The zero-order chi connectivity index (χ0) is 12.4. The van der Waals surface area contributed by atoms with Crippen LogP contribution in [0.5, 0.6) is 0 Å². The van der Waals surface area contributed by atoms with Crippen molar-refractivity contribution in [1.29, 1.82) is 0 Å². The Morgan fingerprint density at radius 1 is 0.944 bits per heavy atom. The van der Waals surface area contributed by atoms with Gasteiger partial charge in [-0.15, -0.1) is 0 Å². The molecule has 0 aromatic rings. The summed E-state index contributed by atoms with van der Waals surface area (Å²) in [5.41, 5.74) is 0. The molecule has 4 unspecified atom stereocenters. The van der Waals surface area contributed by atoms with Crippen molar-refractivity contribution in [3.05, 3.63) is 0 Å². The van der Waals surface area contributed by atoms with Crippen molar-refractivity contribution in [3.63, 3.8) is 0 Å². The minimum atomic E-state index is 0.817. The number of nitrogens with one attached hydrogen (secondary N) is 1. The SMILES string of the molecule is CNC(CC1CCCCC1)CC1CC2CCC1C2. The molecule has 2 bridgehead atoms. The van der Waals surface area contributed by atoms with Crippen LogP contribution in [0.4, 0.5) is 0 Å². The zero-order valence-electron chi connectivity index (χ0n) is 12.2. The molecule has 0 aromatic carbocycles. The molecule has 0 aliphatic heterocycles. The first kappa shape index (κ1) is 13.0. The van der Waals surface area contributed by atoms with Gasteiger partial charge in [0, 0.05) is 6.04 Å². The van der Waals surface area contributed by atoms with Gasteiger partial charge in [0.25, 0.3) is 0 Å². The summed E-state index contributed by atoms with van der Waals surface area (Å²) in [6, 6.07) is 0.817. The molecular formula is C17H31N. The van der Waals surface area contributed by atoms with E-state index in [-0.39, 0.29) is 0 Å². The van der Waals surface area contributed by atoms with Crippen LogP contribution in [0, 0.1) is 23.7 Å². The highest BCUT2D eigenvalue weighted by Crippen LogP contribution is 2.50. The maximum Gasteiger partial charge on any atom is 0.00694 e. The lowest BCUT2D eigenvalue weighted by Crippen LogP contribution is -2.32. The van der Waals surface area contributed by atoms with E-state index in [0.717, 1.165) is 29.7 Å². The highest BCUT2D eigenvalue weighted by atomic mass is 14.9. The normalized spacial score (nSPS) is 38.2. The quantitative estimate of drug-likeness (QED) is 0.763. The minimum absolute atomic E-state index is 0.817. The van der Waals surface area contributed by atoms with Crippen LogP contribution in [0.15, 0.2) is 0 Å². The molecule has 3 aliphatic carbocycles.